The Balaban J connectivity index is 1.44. The van der Waals surface area contributed by atoms with E-state index in [1.807, 2.05) is 0 Å². The molecule has 2 N–H and O–H groups in total. The number of fused-ring (bicyclic) bond motifs is 1. The van der Waals surface area contributed by atoms with E-state index in [4.69, 9.17) is 14.5 Å². The van der Waals surface area contributed by atoms with Crippen LogP contribution in [-0.2, 0) is 15.9 Å². The van der Waals surface area contributed by atoms with Crippen molar-refractivity contribution in [2.75, 3.05) is 46.5 Å². The number of ether oxygens (including phenoxy) is 2. The SMILES string of the molecule is CCNC(=NCCCc1c[nH]c2ccccc12)N1CCC(OCCCOC)CC1. The van der Waals surface area contributed by atoms with Gasteiger partial charge >= 0.3 is 0 Å². The Labute approximate surface area is 174 Å². The van der Waals surface area contributed by atoms with E-state index in [-0.39, 0.29) is 0 Å². The fraction of sp³-hybridized carbons (Fsp3) is 0.609. The summed E-state index contributed by atoms with van der Waals surface area (Å²) in [7, 11) is 1.74. The molecule has 0 spiro atoms. The van der Waals surface area contributed by atoms with Crippen LogP contribution in [0.3, 0.4) is 0 Å². The monoisotopic (exact) mass is 400 g/mol. The summed E-state index contributed by atoms with van der Waals surface area (Å²) in [6.45, 7) is 7.44. The van der Waals surface area contributed by atoms with Crippen molar-refractivity contribution < 1.29 is 9.47 Å². The highest BCUT2D eigenvalue weighted by atomic mass is 16.5. The van der Waals surface area contributed by atoms with Gasteiger partial charge in [-0.05, 0) is 50.7 Å². The van der Waals surface area contributed by atoms with Gasteiger partial charge in [0.25, 0.3) is 0 Å². The summed E-state index contributed by atoms with van der Waals surface area (Å²) in [5.41, 5.74) is 2.60. The van der Waals surface area contributed by atoms with Crippen molar-refractivity contribution in [3.8, 4) is 0 Å². The summed E-state index contributed by atoms with van der Waals surface area (Å²) in [4.78, 5) is 10.6. The Bertz CT molecular complexity index is 750. The minimum absolute atomic E-state index is 0.368. The predicted molar refractivity (Wildman–Crippen MR) is 120 cm³/mol. The molecule has 0 bridgehead atoms. The van der Waals surface area contributed by atoms with E-state index in [1.165, 1.54) is 16.5 Å². The number of rotatable bonds is 10. The van der Waals surface area contributed by atoms with Gasteiger partial charge in [-0.2, -0.15) is 0 Å². The number of H-pyrrole nitrogens is 1. The van der Waals surface area contributed by atoms with Crippen LogP contribution in [0.25, 0.3) is 10.9 Å². The zero-order valence-corrected chi connectivity index (χ0v) is 18.0. The van der Waals surface area contributed by atoms with Gasteiger partial charge in [0.2, 0.25) is 0 Å². The molecule has 29 heavy (non-hydrogen) atoms. The summed E-state index contributed by atoms with van der Waals surface area (Å²) in [6, 6.07) is 8.50. The third-order valence-electron chi connectivity index (χ3n) is 5.46. The average molecular weight is 401 g/mol. The Morgan fingerprint density at radius 3 is 2.83 bits per heavy atom. The quantitative estimate of drug-likeness (QED) is 0.364. The number of likely N-dealkylation sites (tertiary alicyclic amines) is 1. The molecule has 1 aromatic carbocycles. The minimum Gasteiger partial charge on any atom is -0.385 e. The van der Waals surface area contributed by atoms with Gasteiger partial charge in [0.1, 0.15) is 0 Å². The standard InChI is InChI=1S/C23H36N4O2/c1-3-24-23(27-14-11-20(12-15-27)29-17-7-16-28-2)25-13-6-8-19-18-26-22-10-5-4-9-21(19)22/h4-5,9-10,18,20,26H,3,6-8,11-17H2,1-2H3,(H,24,25). The molecule has 0 amide bonds. The lowest BCUT2D eigenvalue weighted by Gasteiger charge is -2.34. The molecule has 6 heteroatoms. The molecule has 6 nitrogen and oxygen atoms in total. The number of aryl methyl sites for hydroxylation is 1. The number of guanidine groups is 1. The van der Waals surface area contributed by atoms with Crippen LogP contribution >= 0.6 is 0 Å². The number of nitrogens with zero attached hydrogens (tertiary/aromatic N) is 2. The molecule has 0 radical (unpaired) electrons. The van der Waals surface area contributed by atoms with Crippen LogP contribution in [0.1, 0.15) is 38.2 Å². The Morgan fingerprint density at radius 1 is 1.21 bits per heavy atom. The van der Waals surface area contributed by atoms with Gasteiger partial charge in [-0.1, -0.05) is 18.2 Å². The van der Waals surface area contributed by atoms with Gasteiger partial charge in [-0.3, -0.25) is 4.99 Å². The van der Waals surface area contributed by atoms with Crippen LogP contribution in [0.4, 0.5) is 0 Å². The van der Waals surface area contributed by atoms with Crippen molar-refractivity contribution >= 4 is 16.9 Å². The topological polar surface area (TPSA) is 61.9 Å². The first-order valence-electron chi connectivity index (χ1n) is 11.0. The van der Waals surface area contributed by atoms with Crippen molar-refractivity contribution in [2.24, 2.45) is 4.99 Å². The number of benzene rings is 1. The second-order valence-corrected chi connectivity index (χ2v) is 7.60. The summed E-state index contributed by atoms with van der Waals surface area (Å²) in [5, 5.41) is 4.79. The molecular formula is C23H36N4O2. The van der Waals surface area contributed by atoms with Gasteiger partial charge in [0, 0.05) is 63.6 Å². The Hall–Kier alpha value is -2.05. The number of methoxy groups -OCH3 is 1. The van der Waals surface area contributed by atoms with Crippen LogP contribution in [0, 0.1) is 0 Å². The van der Waals surface area contributed by atoms with Gasteiger partial charge in [-0.25, -0.2) is 0 Å². The number of piperidine rings is 1. The highest BCUT2D eigenvalue weighted by molar-refractivity contribution is 5.83. The molecule has 0 unspecified atom stereocenters. The van der Waals surface area contributed by atoms with Crippen LogP contribution in [0.15, 0.2) is 35.5 Å². The van der Waals surface area contributed by atoms with E-state index < -0.39 is 0 Å². The van der Waals surface area contributed by atoms with Crippen molar-refractivity contribution in [3.05, 3.63) is 36.0 Å². The maximum Gasteiger partial charge on any atom is 0.193 e. The van der Waals surface area contributed by atoms with E-state index >= 15 is 0 Å². The smallest absolute Gasteiger partial charge is 0.193 e. The molecule has 1 aromatic heterocycles. The molecule has 0 saturated carbocycles. The second kappa shape index (κ2) is 11.8. The minimum atomic E-state index is 0.368. The summed E-state index contributed by atoms with van der Waals surface area (Å²) < 4.78 is 11.1. The number of aliphatic imine (C=N–C) groups is 1. The molecule has 1 fully saturated rings. The summed E-state index contributed by atoms with van der Waals surface area (Å²) in [6.07, 6.45) is 7.70. The molecule has 2 heterocycles. The van der Waals surface area contributed by atoms with Crippen molar-refractivity contribution in [1.82, 2.24) is 15.2 Å². The van der Waals surface area contributed by atoms with E-state index in [1.54, 1.807) is 7.11 Å². The normalized spacial score (nSPS) is 15.9. The summed E-state index contributed by atoms with van der Waals surface area (Å²) >= 11 is 0. The summed E-state index contributed by atoms with van der Waals surface area (Å²) in [5.74, 6) is 1.05. The fourth-order valence-electron chi connectivity index (χ4n) is 3.91. The molecule has 160 valence electrons. The average Bonchev–Trinajstić information content (AvgIpc) is 3.17. The third-order valence-corrected chi connectivity index (χ3v) is 5.46. The number of hydrogen-bond donors (Lipinski definition) is 2. The molecule has 2 aromatic rings. The van der Waals surface area contributed by atoms with E-state index in [9.17, 15) is 0 Å². The van der Waals surface area contributed by atoms with E-state index in [2.05, 4.69) is 52.6 Å². The fourth-order valence-corrected chi connectivity index (χ4v) is 3.91. The highest BCUT2D eigenvalue weighted by Crippen LogP contribution is 2.19. The zero-order chi connectivity index (χ0) is 20.3. The maximum atomic E-state index is 5.98. The largest absolute Gasteiger partial charge is 0.385 e. The number of aromatic nitrogens is 1. The van der Waals surface area contributed by atoms with Gasteiger partial charge in [0.15, 0.2) is 5.96 Å². The number of hydrogen-bond acceptors (Lipinski definition) is 3. The molecule has 1 saturated heterocycles. The lowest BCUT2D eigenvalue weighted by atomic mass is 10.1. The van der Waals surface area contributed by atoms with E-state index in [0.29, 0.717) is 6.10 Å². The molecule has 0 atom stereocenters. The predicted octanol–water partition coefficient (Wildman–Crippen LogP) is 3.58. The molecule has 0 aliphatic carbocycles. The van der Waals surface area contributed by atoms with Crippen molar-refractivity contribution in [3.63, 3.8) is 0 Å². The number of para-hydroxylation sites is 1. The maximum absolute atomic E-state index is 5.98. The first kappa shape index (κ1) is 21.7. The second-order valence-electron chi connectivity index (χ2n) is 7.60. The highest BCUT2D eigenvalue weighted by Gasteiger charge is 2.21. The Kier molecular flexibility index (Phi) is 8.83. The van der Waals surface area contributed by atoms with Crippen LogP contribution < -0.4 is 5.32 Å². The first-order chi connectivity index (χ1) is 14.3. The molecule has 1 aliphatic rings. The van der Waals surface area contributed by atoms with E-state index in [0.717, 1.165) is 77.5 Å². The van der Waals surface area contributed by atoms with Crippen LogP contribution in [0.2, 0.25) is 0 Å². The van der Waals surface area contributed by atoms with Crippen molar-refractivity contribution in [1.29, 1.82) is 0 Å². The number of nitrogens with one attached hydrogen (secondary N) is 2. The van der Waals surface area contributed by atoms with Crippen molar-refractivity contribution in [2.45, 2.75) is 45.1 Å². The first-order valence-corrected chi connectivity index (χ1v) is 11.0. The zero-order valence-electron chi connectivity index (χ0n) is 18.0. The van der Waals surface area contributed by atoms with Crippen LogP contribution in [-0.4, -0.2) is 68.4 Å². The van der Waals surface area contributed by atoms with Gasteiger partial charge in [-0.15, -0.1) is 0 Å². The lowest BCUT2D eigenvalue weighted by Crippen LogP contribution is -2.47. The molecular weight excluding hydrogens is 364 g/mol. The molecule has 3 rings (SSSR count). The van der Waals surface area contributed by atoms with Gasteiger partial charge in [0.05, 0.1) is 6.10 Å². The van der Waals surface area contributed by atoms with Crippen LogP contribution in [0.5, 0.6) is 0 Å². The lowest BCUT2D eigenvalue weighted by molar-refractivity contribution is 0.00990. The number of aromatic amines is 1. The third kappa shape index (κ3) is 6.47. The Morgan fingerprint density at radius 2 is 2.03 bits per heavy atom. The molecule has 1 aliphatic heterocycles. The van der Waals surface area contributed by atoms with Gasteiger partial charge < -0.3 is 24.7 Å².